The molecule has 1 aliphatic heterocycles. The van der Waals surface area contributed by atoms with E-state index in [1.807, 2.05) is 6.07 Å². The predicted molar refractivity (Wildman–Crippen MR) is 101 cm³/mol. The van der Waals surface area contributed by atoms with Crippen LogP contribution in [0.1, 0.15) is 5.56 Å². The predicted octanol–water partition coefficient (Wildman–Crippen LogP) is 0.554. The first-order chi connectivity index (χ1) is 13.4. The summed E-state index contributed by atoms with van der Waals surface area (Å²) in [5.41, 5.74) is 1.75. The van der Waals surface area contributed by atoms with Crippen LogP contribution in [-0.2, 0) is 21.9 Å². The number of nitrogens with zero attached hydrogens (tertiary/aromatic N) is 5. The quantitative estimate of drug-likeness (QED) is 0.661. The third-order valence-corrected chi connectivity index (χ3v) is 5.47. The molecule has 2 heterocycles. The number of hydrogen-bond acceptors (Lipinski definition) is 7. The second-order valence-corrected chi connectivity index (χ2v) is 7.67. The largest absolute Gasteiger partial charge is 0.324 e. The van der Waals surface area contributed by atoms with E-state index in [1.54, 1.807) is 43.4 Å². The first-order valence-corrected chi connectivity index (χ1v) is 9.72. The van der Waals surface area contributed by atoms with Gasteiger partial charge in [-0.05, 0) is 34.7 Å². The van der Waals surface area contributed by atoms with Gasteiger partial charge in [-0.25, -0.2) is 13.1 Å². The highest BCUT2D eigenvalue weighted by molar-refractivity contribution is 7.90. The van der Waals surface area contributed by atoms with E-state index in [0.29, 0.717) is 17.1 Å². The molecule has 142 valence electrons. The van der Waals surface area contributed by atoms with E-state index < -0.39 is 10.0 Å². The van der Waals surface area contributed by atoms with Gasteiger partial charge in [-0.1, -0.05) is 24.3 Å². The molecule has 0 saturated carbocycles. The average molecular weight is 397 g/mol. The van der Waals surface area contributed by atoms with Gasteiger partial charge in [-0.3, -0.25) is 14.5 Å². The van der Waals surface area contributed by atoms with Gasteiger partial charge < -0.3 is 5.32 Å². The van der Waals surface area contributed by atoms with Gasteiger partial charge in [0.1, 0.15) is 12.4 Å². The van der Waals surface area contributed by atoms with Crippen molar-refractivity contribution in [1.82, 2.24) is 24.9 Å². The number of nitrogens with one attached hydrogen (secondary N) is 2. The van der Waals surface area contributed by atoms with Crippen LogP contribution in [0.15, 0.2) is 58.4 Å². The molecule has 0 saturated heterocycles. The highest BCUT2D eigenvalue weighted by atomic mass is 32.2. The third kappa shape index (κ3) is 3.34. The van der Waals surface area contributed by atoms with Crippen LogP contribution in [0.25, 0.3) is 11.4 Å². The third-order valence-electron chi connectivity index (χ3n) is 4.07. The Morgan fingerprint density at radius 3 is 2.82 bits per heavy atom. The van der Waals surface area contributed by atoms with Crippen LogP contribution < -0.4 is 10.0 Å². The molecule has 11 heteroatoms. The van der Waals surface area contributed by atoms with Crippen LogP contribution in [0.4, 0.5) is 5.69 Å². The van der Waals surface area contributed by atoms with E-state index in [-0.39, 0.29) is 23.2 Å². The summed E-state index contributed by atoms with van der Waals surface area (Å²) in [6, 6.07) is 13.5. The van der Waals surface area contributed by atoms with Gasteiger partial charge >= 0.3 is 0 Å². The molecule has 0 fully saturated rings. The molecule has 1 amide bonds. The fourth-order valence-corrected chi connectivity index (χ4v) is 4.06. The standard InChI is InChI=1S/C17H15N7O3S/c1-24-17(20-22-23-24)11-5-4-6-12(9-11)19-15(25)10-18-16-13-7-2-3-8-14(13)28(26,27)21-16/h2-9H,10H2,1H3,(H,18,21)(H,19,25). The minimum Gasteiger partial charge on any atom is -0.324 e. The summed E-state index contributed by atoms with van der Waals surface area (Å²) < 4.78 is 28.0. The van der Waals surface area contributed by atoms with Crippen molar-refractivity contribution in [3.8, 4) is 11.4 Å². The number of carbonyl (C=O) groups excluding carboxylic acids is 1. The molecule has 1 aliphatic rings. The lowest BCUT2D eigenvalue weighted by Gasteiger charge is -2.06. The number of aliphatic imine (C=N–C) groups is 1. The van der Waals surface area contributed by atoms with Crippen LogP contribution >= 0.6 is 0 Å². The Labute approximate surface area is 160 Å². The van der Waals surface area contributed by atoms with Gasteiger partial charge in [0.05, 0.1) is 4.90 Å². The number of benzene rings is 2. The zero-order chi connectivity index (χ0) is 19.7. The van der Waals surface area contributed by atoms with Crippen molar-refractivity contribution in [1.29, 1.82) is 0 Å². The van der Waals surface area contributed by atoms with Crippen molar-refractivity contribution in [2.45, 2.75) is 4.90 Å². The van der Waals surface area contributed by atoms with Gasteiger partial charge in [0.25, 0.3) is 10.0 Å². The van der Waals surface area contributed by atoms with Crippen molar-refractivity contribution in [2.75, 3.05) is 11.9 Å². The fourth-order valence-electron chi connectivity index (χ4n) is 2.81. The maximum atomic E-state index is 12.3. The zero-order valence-corrected chi connectivity index (χ0v) is 15.5. The number of amidine groups is 1. The Morgan fingerprint density at radius 1 is 1.21 bits per heavy atom. The van der Waals surface area contributed by atoms with Gasteiger partial charge in [0.2, 0.25) is 5.91 Å². The first kappa shape index (κ1) is 17.8. The van der Waals surface area contributed by atoms with Gasteiger partial charge in [-0.2, -0.15) is 0 Å². The lowest BCUT2D eigenvalue weighted by atomic mass is 10.2. The van der Waals surface area contributed by atoms with Crippen molar-refractivity contribution in [2.24, 2.45) is 12.0 Å². The van der Waals surface area contributed by atoms with E-state index >= 15 is 0 Å². The summed E-state index contributed by atoms with van der Waals surface area (Å²) in [7, 11) is -1.91. The zero-order valence-electron chi connectivity index (χ0n) is 14.7. The monoisotopic (exact) mass is 397 g/mol. The lowest BCUT2D eigenvalue weighted by molar-refractivity contribution is -0.114. The van der Waals surface area contributed by atoms with E-state index in [4.69, 9.17) is 0 Å². The van der Waals surface area contributed by atoms with E-state index in [9.17, 15) is 13.2 Å². The number of sulfonamides is 1. The number of amides is 1. The average Bonchev–Trinajstić information content (AvgIpc) is 3.21. The minimum atomic E-state index is -3.63. The normalized spacial score (nSPS) is 15.8. The molecule has 2 aromatic carbocycles. The van der Waals surface area contributed by atoms with Crippen LogP contribution in [0.2, 0.25) is 0 Å². The molecule has 0 radical (unpaired) electrons. The SMILES string of the molecule is Cn1nnnc1-c1cccc(NC(=O)CN=C2NS(=O)(=O)c3ccccc32)c1. The Hall–Kier alpha value is -3.60. The van der Waals surface area contributed by atoms with Crippen molar-refractivity contribution in [3.05, 3.63) is 54.1 Å². The minimum absolute atomic E-state index is 0.152. The van der Waals surface area contributed by atoms with Gasteiger partial charge in [0, 0.05) is 23.9 Å². The summed E-state index contributed by atoms with van der Waals surface area (Å²) in [6.07, 6.45) is 0. The smallest absolute Gasteiger partial charge is 0.263 e. The molecular formula is C17H15N7O3S. The topological polar surface area (TPSA) is 131 Å². The number of tetrazole rings is 1. The second kappa shape index (κ2) is 6.85. The van der Waals surface area contributed by atoms with Gasteiger partial charge in [0.15, 0.2) is 5.82 Å². The molecule has 0 unspecified atom stereocenters. The summed E-state index contributed by atoms with van der Waals surface area (Å²) in [5.74, 6) is 0.335. The van der Waals surface area contributed by atoms with Crippen LogP contribution in [-0.4, -0.2) is 46.9 Å². The summed E-state index contributed by atoms with van der Waals surface area (Å²) in [6.45, 7) is -0.234. The molecular weight excluding hydrogens is 382 g/mol. The van der Waals surface area contributed by atoms with E-state index in [2.05, 4.69) is 30.6 Å². The Bertz CT molecular complexity index is 1200. The number of hydrogen-bond donors (Lipinski definition) is 2. The number of aryl methyl sites for hydroxylation is 1. The van der Waals surface area contributed by atoms with Crippen molar-refractivity contribution < 1.29 is 13.2 Å². The van der Waals surface area contributed by atoms with Crippen LogP contribution in [0.3, 0.4) is 0 Å². The highest BCUT2D eigenvalue weighted by Crippen LogP contribution is 2.22. The van der Waals surface area contributed by atoms with Crippen LogP contribution in [0, 0.1) is 0 Å². The van der Waals surface area contributed by atoms with Gasteiger partial charge in [-0.15, -0.1) is 5.10 Å². The number of carbonyl (C=O) groups is 1. The Kier molecular flexibility index (Phi) is 4.35. The number of aromatic nitrogens is 4. The molecule has 4 rings (SSSR count). The van der Waals surface area contributed by atoms with Crippen molar-refractivity contribution >= 4 is 27.5 Å². The highest BCUT2D eigenvalue weighted by Gasteiger charge is 2.30. The molecule has 0 atom stereocenters. The maximum absolute atomic E-state index is 12.3. The van der Waals surface area contributed by atoms with Crippen molar-refractivity contribution in [3.63, 3.8) is 0 Å². The molecule has 3 aromatic rings. The molecule has 1 aromatic heterocycles. The molecule has 0 aliphatic carbocycles. The summed E-state index contributed by atoms with van der Waals surface area (Å²) >= 11 is 0. The van der Waals surface area contributed by atoms with Crippen LogP contribution in [0.5, 0.6) is 0 Å². The van der Waals surface area contributed by atoms with E-state index in [1.165, 1.54) is 10.7 Å². The molecule has 2 N–H and O–H groups in total. The molecule has 28 heavy (non-hydrogen) atoms. The molecule has 10 nitrogen and oxygen atoms in total. The Morgan fingerprint density at radius 2 is 2.04 bits per heavy atom. The summed E-state index contributed by atoms with van der Waals surface area (Å²) in [4.78, 5) is 16.5. The number of anilines is 1. The fraction of sp³-hybridized carbons (Fsp3) is 0.118. The number of rotatable bonds is 4. The maximum Gasteiger partial charge on any atom is 0.263 e. The lowest BCUT2D eigenvalue weighted by Crippen LogP contribution is -2.24. The Balaban J connectivity index is 1.49. The summed E-state index contributed by atoms with van der Waals surface area (Å²) in [5, 5.41) is 14.0. The number of fused-ring (bicyclic) bond motifs is 1. The first-order valence-electron chi connectivity index (χ1n) is 8.23. The molecule has 0 bridgehead atoms. The second-order valence-electron chi connectivity index (χ2n) is 6.02. The van der Waals surface area contributed by atoms with E-state index in [0.717, 1.165) is 5.56 Å². The molecule has 0 spiro atoms.